The first-order valence-electron chi connectivity index (χ1n) is 10.1. The van der Waals surface area contributed by atoms with Crippen LogP contribution in [0.1, 0.15) is 15.9 Å². The van der Waals surface area contributed by atoms with Gasteiger partial charge in [0.05, 0.1) is 26.9 Å². The smallest absolute Gasteiger partial charge is 0.255 e. The minimum absolute atomic E-state index is 0.252. The van der Waals surface area contributed by atoms with Crippen LogP contribution in [0, 0.1) is 0 Å². The molecule has 0 atom stereocenters. The Morgan fingerprint density at radius 1 is 0.750 bits per heavy atom. The molecular weight excluding hydrogens is 410 g/mol. The second-order valence-electron chi connectivity index (χ2n) is 6.72. The van der Waals surface area contributed by atoms with E-state index in [2.05, 4.69) is 5.32 Å². The number of methoxy groups -OCH3 is 3. The fourth-order valence-electron chi connectivity index (χ4n) is 3.12. The summed E-state index contributed by atoms with van der Waals surface area (Å²) in [6.45, 7) is 0.957. The predicted molar refractivity (Wildman–Crippen MR) is 121 cm³/mol. The summed E-state index contributed by atoms with van der Waals surface area (Å²) in [5.41, 5.74) is 1.25. The van der Waals surface area contributed by atoms with Crippen LogP contribution in [-0.2, 0) is 6.54 Å². The van der Waals surface area contributed by atoms with Crippen LogP contribution in [-0.4, -0.2) is 40.5 Å². The Morgan fingerprint density at radius 3 is 2.03 bits per heavy atom. The Labute approximate surface area is 187 Å². The van der Waals surface area contributed by atoms with Gasteiger partial charge in [0.2, 0.25) is 5.75 Å². The van der Waals surface area contributed by atoms with Crippen LogP contribution in [0.15, 0.2) is 66.7 Å². The van der Waals surface area contributed by atoms with Gasteiger partial charge in [-0.1, -0.05) is 30.3 Å². The maximum atomic E-state index is 12.8. The van der Waals surface area contributed by atoms with E-state index in [1.165, 1.54) is 0 Å². The molecule has 0 heterocycles. The highest BCUT2D eigenvalue weighted by Gasteiger charge is 2.15. The van der Waals surface area contributed by atoms with Crippen LogP contribution in [0.3, 0.4) is 0 Å². The molecule has 32 heavy (non-hydrogen) atoms. The highest BCUT2D eigenvalue weighted by Crippen LogP contribution is 2.38. The van der Waals surface area contributed by atoms with Crippen molar-refractivity contribution >= 4 is 5.91 Å². The van der Waals surface area contributed by atoms with E-state index in [1.54, 1.807) is 51.7 Å². The molecular formula is C25H27NO6. The molecule has 0 fully saturated rings. The molecule has 0 bridgehead atoms. The quantitative estimate of drug-likeness (QED) is 0.455. The van der Waals surface area contributed by atoms with Crippen molar-refractivity contribution in [3.63, 3.8) is 0 Å². The van der Waals surface area contributed by atoms with Crippen molar-refractivity contribution < 1.29 is 28.5 Å². The van der Waals surface area contributed by atoms with E-state index in [9.17, 15) is 4.79 Å². The van der Waals surface area contributed by atoms with Crippen molar-refractivity contribution in [2.24, 2.45) is 0 Å². The van der Waals surface area contributed by atoms with Crippen molar-refractivity contribution in [2.45, 2.75) is 6.54 Å². The molecule has 3 rings (SSSR count). The number of amides is 1. The lowest BCUT2D eigenvalue weighted by atomic mass is 10.1. The Balaban J connectivity index is 1.61. The van der Waals surface area contributed by atoms with Gasteiger partial charge in [-0.3, -0.25) is 4.79 Å². The Morgan fingerprint density at radius 2 is 1.38 bits per heavy atom. The maximum Gasteiger partial charge on any atom is 0.255 e. The molecule has 0 aliphatic rings. The first-order chi connectivity index (χ1) is 15.7. The standard InChI is InChI=1S/C25H27NO6/c1-28-22-15-18(16-23(29-2)24(22)30-3)17-26-25(27)20-11-7-8-12-21(20)32-14-13-31-19-9-5-4-6-10-19/h4-12,15-16H,13-14,17H2,1-3H3,(H,26,27). The van der Waals surface area contributed by atoms with E-state index in [4.69, 9.17) is 23.7 Å². The summed E-state index contributed by atoms with van der Waals surface area (Å²) in [6, 6.07) is 20.2. The average molecular weight is 437 g/mol. The molecule has 0 unspecified atom stereocenters. The Bertz CT molecular complexity index is 997. The van der Waals surface area contributed by atoms with E-state index < -0.39 is 0 Å². The average Bonchev–Trinajstić information content (AvgIpc) is 2.85. The molecule has 1 amide bonds. The molecule has 0 aromatic heterocycles. The van der Waals surface area contributed by atoms with Gasteiger partial charge in [-0.05, 0) is 42.0 Å². The van der Waals surface area contributed by atoms with Gasteiger partial charge < -0.3 is 29.0 Å². The van der Waals surface area contributed by atoms with Crippen molar-refractivity contribution in [1.82, 2.24) is 5.32 Å². The van der Waals surface area contributed by atoms with Crippen molar-refractivity contribution in [3.05, 3.63) is 77.9 Å². The maximum absolute atomic E-state index is 12.8. The lowest BCUT2D eigenvalue weighted by molar-refractivity contribution is 0.0945. The molecule has 0 spiro atoms. The molecule has 0 radical (unpaired) electrons. The van der Waals surface area contributed by atoms with Crippen LogP contribution in [0.5, 0.6) is 28.7 Å². The SMILES string of the molecule is COc1cc(CNC(=O)c2ccccc2OCCOc2ccccc2)cc(OC)c1OC. The van der Waals surface area contributed by atoms with Gasteiger partial charge in [0.15, 0.2) is 11.5 Å². The molecule has 7 nitrogen and oxygen atoms in total. The number of rotatable bonds is 11. The van der Waals surface area contributed by atoms with Crippen molar-refractivity contribution in [3.8, 4) is 28.7 Å². The summed E-state index contributed by atoms with van der Waals surface area (Å²) in [6.07, 6.45) is 0. The zero-order valence-electron chi connectivity index (χ0n) is 18.4. The summed E-state index contributed by atoms with van der Waals surface area (Å²) in [4.78, 5) is 12.8. The summed E-state index contributed by atoms with van der Waals surface area (Å²) >= 11 is 0. The predicted octanol–water partition coefficient (Wildman–Crippen LogP) is 4.10. The number of hydrogen-bond acceptors (Lipinski definition) is 6. The van der Waals surface area contributed by atoms with Crippen molar-refractivity contribution in [1.29, 1.82) is 0 Å². The lowest BCUT2D eigenvalue weighted by Gasteiger charge is -2.15. The number of nitrogens with one attached hydrogen (secondary N) is 1. The number of carbonyl (C=O) groups is 1. The molecule has 0 saturated carbocycles. The number of para-hydroxylation sites is 2. The van der Waals surface area contributed by atoms with Crippen LogP contribution >= 0.6 is 0 Å². The van der Waals surface area contributed by atoms with Gasteiger partial charge in [0, 0.05) is 6.54 Å². The van der Waals surface area contributed by atoms with E-state index in [-0.39, 0.29) is 12.5 Å². The van der Waals surface area contributed by atoms with E-state index in [0.29, 0.717) is 41.8 Å². The number of ether oxygens (including phenoxy) is 5. The van der Waals surface area contributed by atoms with Gasteiger partial charge in [-0.15, -0.1) is 0 Å². The second-order valence-corrected chi connectivity index (χ2v) is 6.72. The molecule has 1 N–H and O–H groups in total. The van der Waals surface area contributed by atoms with Crippen LogP contribution in [0.2, 0.25) is 0 Å². The third-order valence-electron chi connectivity index (χ3n) is 4.66. The number of benzene rings is 3. The summed E-state index contributed by atoms with van der Waals surface area (Å²) < 4.78 is 27.5. The second kappa shape index (κ2) is 11.5. The fourth-order valence-corrected chi connectivity index (χ4v) is 3.12. The molecule has 7 heteroatoms. The highest BCUT2D eigenvalue weighted by atomic mass is 16.5. The molecule has 3 aromatic carbocycles. The first-order valence-corrected chi connectivity index (χ1v) is 10.1. The largest absolute Gasteiger partial charge is 0.493 e. The third-order valence-corrected chi connectivity index (χ3v) is 4.66. The van der Waals surface area contributed by atoms with Gasteiger partial charge in [0.1, 0.15) is 24.7 Å². The molecule has 3 aromatic rings. The molecule has 0 saturated heterocycles. The highest BCUT2D eigenvalue weighted by molar-refractivity contribution is 5.96. The normalized spacial score (nSPS) is 10.2. The van der Waals surface area contributed by atoms with Gasteiger partial charge >= 0.3 is 0 Å². The van der Waals surface area contributed by atoms with Crippen LogP contribution in [0.4, 0.5) is 0 Å². The fraction of sp³-hybridized carbons (Fsp3) is 0.240. The zero-order valence-corrected chi connectivity index (χ0v) is 18.4. The third kappa shape index (κ3) is 5.85. The minimum Gasteiger partial charge on any atom is -0.493 e. The lowest BCUT2D eigenvalue weighted by Crippen LogP contribution is -2.24. The summed E-state index contributed by atoms with van der Waals surface area (Å²) in [5.74, 6) is 2.57. The van der Waals surface area contributed by atoms with E-state index in [0.717, 1.165) is 11.3 Å². The summed E-state index contributed by atoms with van der Waals surface area (Å²) in [7, 11) is 4.65. The molecule has 0 aliphatic carbocycles. The van der Waals surface area contributed by atoms with E-state index >= 15 is 0 Å². The van der Waals surface area contributed by atoms with Gasteiger partial charge in [-0.25, -0.2) is 0 Å². The number of carbonyl (C=O) groups excluding carboxylic acids is 1. The topological polar surface area (TPSA) is 75.3 Å². The zero-order chi connectivity index (χ0) is 22.8. The minimum atomic E-state index is -0.252. The Kier molecular flexibility index (Phi) is 8.20. The van der Waals surface area contributed by atoms with Crippen LogP contribution < -0.4 is 29.0 Å². The molecule has 168 valence electrons. The number of hydrogen-bond donors (Lipinski definition) is 1. The molecule has 0 aliphatic heterocycles. The van der Waals surface area contributed by atoms with Crippen molar-refractivity contribution in [2.75, 3.05) is 34.5 Å². The Hall–Kier alpha value is -3.87. The summed E-state index contributed by atoms with van der Waals surface area (Å²) in [5, 5.41) is 2.91. The van der Waals surface area contributed by atoms with Gasteiger partial charge in [-0.2, -0.15) is 0 Å². The van der Waals surface area contributed by atoms with E-state index in [1.807, 2.05) is 36.4 Å². The van der Waals surface area contributed by atoms with Crippen LogP contribution in [0.25, 0.3) is 0 Å². The first kappa shape index (κ1) is 22.8. The monoisotopic (exact) mass is 437 g/mol. The van der Waals surface area contributed by atoms with Gasteiger partial charge in [0.25, 0.3) is 5.91 Å².